The van der Waals surface area contributed by atoms with Crippen molar-refractivity contribution in [1.29, 1.82) is 0 Å². The lowest BCUT2D eigenvalue weighted by molar-refractivity contribution is -0.139. The van der Waals surface area contributed by atoms with E-state index in [9.17, 15) is 14.4 Å². The van der Waals surface area contributed by atoms with Crippen LogP contribution in [-0.2, 0) is 19.9 Å². The summed E-state index contributed by atoms with van der Waals surface area (Å²) in [4.78, 5) is 41.6. The van der Waals surface area contributed by atoms with Crippen molar-refractivity contribution >= 4 is 40.9 Å². The van der Waals surface area contributed by atoms with Crippen molar-refractivity contribution in [3.63, 3.8) is 0 Å². The van der Waals surface area contributed by atoms with Crippen molar-refractivity contribution in [2.24, 2.45) is 5.73 Å². The molecule has 2 fully saturated rings. The highest BCUT2D eigenvalue weighted by Crippen LogP contribution is 2.51. The SMILES string of the molecule is CC(=O)N1CCC(NC(=O)C2C(c3cccc(Cl)c3F)C(N)(c3ccc(Cl)cc3F)C(C)N2C(C)=O)CC1. The number of nitrogens with zero attached hydrogens (tertiary/aromatic N) is 2. The van der Waals surface area contributed by atoms with Crippen LogP contribution in [0.15, 0.2) is 36.4 Å². The molecule has 4 unspecified atom stereocenters. The van der Waals surface area contributed by atoms with E-state index in [-0.39, 0.29) is 33.1 Å². The second-order valence-corrected chi connectivity index (χ2v) is 10.9. The molecule has 11 heteroatoms. The van der Waals surface area contributed by atoms with Crippen LogP contribution in [0.25, 0.3) is 0 Å². The molecule has 0 saturated carbocycles. The predicted molar refractivity (Wildman–Crippen MR) is 141 cm³/mol. The summed E-state index contributed by atoms with van der Waals surface area (Å²) in [6.45, 7) is 5.34. The number of amides is 3. The first-order valence-electron chi connectivity index (χ1n) is 12.4. The smallest absolute Gasteiger partial charge is 0.243 e. The first-order chi connectivity index (χ1) is 17.9. The summed E-state index contributed by atoms with van der Waals surface area (Å²) < 4.78 is 31.0. The molecule has 7 nitrogen and oxygen atoms in total. The second kappa shape index (κ2) is 10.8. The standard InChI is InChI=1S/C27H30Cl2F2N4O3/c1-14-27(32,20-8-7-17(28)13-22(20)30)23(19-5-4-6-21(29)24(19)31)25(35(14)16(3)37)26(38)33-18-9-11-34(12-10-18)15(2)36/h4-8,13-14,18,23,25H,9-12,32H2,1-3H3,(H,33,38). The van der Waals surface area contributed by atoms with Gasteiger partial charge >= 0.3 is 0 Å². The number of benzene rings is 2. The molecule has 0 radical (unpaired) electrons. The van der Waals surface area contributed by atoms with Crippen molar-refractivity contribution in [3.8, 4) is 0 Å². The number of hydrogen-bond donors (Lipinski definition) is 2. The van der Waals surface area contributed by atoms with Crippen LogP contribution in [0.4, 0.5) is 8.78 Å². The largest absolute Gasteiger partial charge is 0.351 e. The van der Waals surface area contributed by atoms with Crippen molar-refractivity contribution in [3.05, 3.63) is 69.2 Å². The molecule has 2 aromatic rings. The van der Waals surface area contributed by atoms with Crippen LogP contribution in [0.5, 0.6) is 0 Å². The first-order valence-corrected chi connectivity index (χ1v) is 13.2. The van der Waals surface area contributed by atoms with Crippen LogP contribution in [0.2, 0.25) is 10.0 Å². The fourth-order valence-electron chi connectivity index (χ4n) is 5.95. The number of carbonyl (C=O) groups excluding carboxylic acids is 3. The van der Waals surface area contributed by atoms with Gasteiger partial charge in [-0.2, -0.15) is 0 Å². The Labute approximate surface area is 230 Å². The minimum absolute atomic E-state index is 0.00324. The molecule has 2 aromatic carbocycles. The fraction of sp³-hybridized carbons (Fsp3) is 0.444. The molecule has 3 N–H and O–H groups in total. The van der Waals surface area contributed by atoms with E-state index in [0.717, 1.165) is 6.07 Å². The number of likely N-dealkylation sites (tertiary alicyclic amines) is 2. The fourth-order valence-corrected chi connectivity index (χ4v) is 6.29. The summed E-state index contributed by atoms with van der Waals surface area (Å²) >= 11 is 12.1. The van der Waals surface area contributed by atoms with Crippen LogP contribution in [-0.4, -0.2) is 58.7 Å². The number of carbonyl (C=O) groups is 3. The molecule has 0 spiro atoms. The lowest BCUT2D eigenvalue weighted by atomic mass is 9.71. The average molecular weight is 567 g/mol. The highest BCUT2D eigenvalue weighted by molar-refractivity contribution is 6.31. The maximum atomic E-state index is 15.6. The minimum Gasteiger partial charge on any atom is -0.351 e. The number of nitrogens with one attached hydrogen (secondary N) is 1. The number of piperidine rings is 1. The molecule has 2 saturated heterocycles. The quantitative estimate of drug-likeness (QED) is 0.585. The molecular formula is C27H30Cl2F2N4O3. The van der Waals surface area contributed by atoms with Crippen LogP contribution >= 0.6 is 23.2 Å². The maximum absolute atomic E-state index is 15.6. The summed E-state index contributed by atoms with van der Waals surface area (Å²) in [6.07, 6.45) is 1.03. The van der Waals surface area contributed by atoms with Gasteiger partial charge in [0.1, 0.15) is 17.7 Å². The topological polar surface area (TPSA) is 95.7 Å². The van der Waals surface area contributed by atoms with Gasteiger partial charge in [-0.05, 0) is 43.5 Å². The Balaban J connectivity index is 1.83. The zero-order valence-electron chi connectivity index (χ0n) is 21.3. The van der Waals surface area contributed by atoms with Crippen LogP contribution in [0.3, 0.4) is 0 Å². The number of rotatable bonds is 4. The van der Waals surface area contributed by atoms with E-state index in [0.29, 0.717) is 25.9 Å². The highest BCUT2D eigenvalue weighted by atomic mass is 35.5. The molecule has 2 aliphatic rings. The Hall–Kier alpha value is -2.75. The molecule has 3 amide bonds. The number of hydrogen-bond acceptors (Lipinski definition) is 4. The van der Waals surface area contributed by atoms with Gasteiger partial charge in [0.15, 0.2) is 0 Å². The Morgan fingerprint density at radius 3 is 2.29 bits per heavy atom. The normalized spacial score (nSPS) is 25.9. The zero-order valence-corrected chi connectivity index (χ0v) is 22.8. The predicted octanol–water partition coefficient (Wildman–Crippen LogP) is 3.96. The Kier molecular flexibility index (Phi) is 8.02. The molecule has 0 bridgehead atoms. The van der Waals surface area contributed by atoms with Crippen molar-refractivity contribution in [1.82, 2.24) is 15.1 Å². The van der Waals surface area contributed by atoms with Gasteiger partial charge in [-0.1, -0.05) is 41.4 Å². The van der Waals surface area contributed by atoms with Gasteiger partial charge in [0, 0.05) is 49.5 Å². The third-order valence-electron chi connectivity index (χ3n) is 7.87. The molecule has 2 aliphatic heterocycles. The average Bonchev–Trinajstić information content (AvgIpc) is 3.09. The number of halogens is 4. The monoisotopic (exact) mass is 566 g/mol. The van der Waals surface area contributed by atoms with E-state index in [1.165, 1.54) is 49.1 Å². The van der Waals surface area contributed by atoms with E-state index < -0.39 is 47.0 Å². The molecule has 204 valence electrons. The summed E-state index contributed by atoms with van der Waals surface area (Å²) in [5.74, 6) is -3.78. The van der Waals surface area contributed by atoms with Gasteiger partial charge in [-0.15, -0.1) is 0 Å². The molecule has 0 aromatic heterocycles. The van der Waals surface area contributed by atoms with Gasteiger partial charge in [-0.25, -0.2) is 8.78 Å². The molecule has 38 heavy (non-hydrogen) atoms. The molecule has 0 aliphatic carbocycles. The lowest BCUT2D eigenvalue weighted by Crippen LogP contribution is -2.53. The van der Waals surface area contributed by atoms with E-state index >= 15 is 8.78 Å². The molecular weight excluding hydrogens is 537 g/mol. The molecule has 2 heterocycles. The molecule has 4 rings (SSSR count). The third kappa shape index (κ3) is 4.87. The van der Waals surface area contributed by atoms with Crippen LogP contribution in [0, 0.1) is 11.6 Å². The summed E-state index contributed by atoms with van der Waals surface area (Å²) in [5, 5.41) is 2.93. The van der Waals surface area contributed by atoms with Gasteiger partial charge in [0.05, 0.1) is 16.6 Å². The zero-order chi connectivity index (χ0) is 27.9. The third-order valence-corrected chi connectivity index (χ3v) is 8.40. The first kappa shape index (κ1) is 28.3. The highest BCUT2D eigenvalue weighted by Gasteiger charge is 2.61. The Morgan fingerprint density at radius 2 is 1.71 bits per heavy atom. The van der Waals surface area contributed by atoms with Gasteiger partial charge in [-0.3, -0.25) is 14.4 Å². The number of nitrogens with two attached hydrogens (primary N) is 1. The van der Waals surface area contributed by atoms with Gasteiger partial charge in [0.2, 0.25) is 17.7 Å². The van der Waals surface area contributed by atoms with E-state index in [4.69, 9.17) is 28.9 Å². The Morgan fingerprint density at radius 1 is 1.05 bits per heavy atom. The lowest BCUT2D eigenvalue weighted by Gasteiger charge is -2.36. The van der Waals surface area contributed by atoms with E-state index in [2.05, 4.69) is 5.32 Å². The van der Waals surface area contributed by atoms with Crippen LogP contribution < -0.4 is 11.1 Å². The second-order valence-electron chi connectivity index (χ2n) is 10.0. The van der Waals surface area contributed by atoms with Crippen molar-refractivity contribution < 1.29 is 23.2 Å². The van der Waals surface area contributed by atoms with E-state index in [1.54, 1.807) is 11.8 Å². The summed E-state index contributed by atoms with van der Waals surface area (Å²) in [7, 11) is 0. The van der Waals surface area contributed by atoms with E-state index in [1.807, 2.05) is 0 Å². The summed E-state index contributed by atoms with van der Waals surface area (Å²) in [6, 6.07) is 5.85. The van der Waals surface area contributed by atoms with Crippen LogP contribution in [0.1, 0.15) is 50.7 Å². The molecule has 4 atom stereocenters. The minimum atomic E-state index is -1.72. The maximum Gasteiger partial charge on any atom is 0.243 e. The van der Waals surface area contributed by atoms with Gasteiger partial charge in [0.25, 0.3) is 0 Å². The van der Waals surface area contributed by atoms with Crippen molar-refractivity contribution in [2.75, 3.05) is 13.1 Å². The Bertz CT molecular complexity index is 1270. The summed E-state index contributed by atoms with van der Waals surface area (Å²) in [5.41, 5.74) is 5.28. The van der Waals surface area contributed by atoms with Gasteiger partial charge < -0.3 is 20.9 Å². The van der Waals surface area contributed by atoms with Crippen molar-refractivity contribution in [2.45, 2.75) is 63.2 Å².